The van der Waals surface area contributed by atoms with Crippen LogP contribution in [0.5, 0.6) is 0 Å². The maximum Gasteiger partial charge on any atom is 0.224 e. The Kier molecular flexibility index (Phi) is 4.40. The highest BCUT2D eigenvalue weighted by Gasteiger charge is 2.60. The molecule has 4 aliphatic rings. The predicted molar refractivity (Wildman–Crippen MR) is 108 cm³/mol. The number of ketones is 1. The van der Waals surface area contributed by atoms with Gasteiger partial charge in [-0.3, -0.25) is 9.59 Å². The molecule has 4 aliphatic carbocycles. The lowest BCUT2D eigenvalue weighted by Crippen LogP contribution is -2.53. The maximum atomic E-state index is 13.1. The highest BCUT2D eigenvalue weighted by Crippen LogP contribution is 2.66. The minimum atomic E-state index is -0.157. The quantitative estimate of drug-likeness (QED) is 0.701. The molecule has 1 amide bonds. The van der Waals surface area contributed by atoms with E-state index in [1.54, 1.807) is 0 Å². The molecule has 27 heavy (non-hydrogen) atoms. The van der Waals surface area contributed by atoms with Crippen molar-refractivity contribution >= 4 is 11.7 Å². The van der Waals surface area contributed by atoms with E-state index in [4.69, 9.17) is 0 Å². The molecule has 3 saturated carbocycles. The van der Waals surface area contributed by atoms with Gasteiger partial charge >= 0.3 is 0 Å². The van der Waals surface area contributed by atoms with Gasteiger partial charge in [0.05, 0.1) is 0 Å². The molecule has 0 aliphatic heterocycles. The summed E-state index contributed by atoms with van der Waals surface area (Å²) in [6, 6.07) is 0. The minimum absolute atomic E-state index is 0.151. The van der Waals surface area contributed by atoms with E-state index in [2.05, 4.69) is 39.9 Å². The van der Waals surface area contributed by atoms with Gasteiger partial charge in [-0.15, -0.1) is 0 Å². The Bertz CT molecular complexity index is 687. The number of carbonyl (C=O) groups is 2. The molecule has 3 fully saturated rings. The second-order valence-corrected chi connectivity index (χ2v) is 11.4. The third kappa shape index (κ3) is 3.00. The van der Waals surface area contributed by atoms with Crippen molar-refractivity contribution in [1.82, 2.24) is 5.32 Å². The third-order valence-corrected chi connectivity index (χ3v) is 8.78. The number of amides is 1. The lowest BCUT2D eigenvalue weighted by atomic mass is 9.47. The van der Waals surface area contributed by atoms with Crippen LogP contribution in [0, 0.1) is 34.5 Å². The van der Waals surface area contributed by atoms with Crippen LogP contribution in [0.15, 0.2) is 11.6 Å². The first kappa shape index (κ1) is 19.2. The van der Waals surface area contributed by atoms with Crippen molar-refractivity contribution in [2.24, 2.45) is 34.5 Å². The van der Waals surface area contributed by atoms with Gasteiger partial charge in [0.2, 0.25) is 5.91 Å². The zero-order valence-electron chi connectivity index (χ0n) is 17.9. The van der Waals surface area contributed by atoms with Crippen molar-refractivity contribution in [3.8, 4) is 0 Å². The summed E-state index contributed by atoms with van der Waals surface area (Å²) in [6.07, 6.45) is 10.7. The molecule has 0 radical (unpaired) electrons. The lowest BCUT2D eigenvalue weighted by molar-refractivity contribution is -0.134. The number of rotatable bonds is 1. The SMILES string of the molecule is CC(C)(C)NC(=O)C1CC[C@H]2[C@@H]3CCC4=CC(=O)CC[C@]4(C)[C@H]3CC[C@]12C. The van der Waals surface area contributed by atoms with Gasteiger partial charge in [-0.05, 0) is 100 Å². The number of nitrogens with one attached hydrogen (secondary N) is 1. The number of fused-ring (bicyclic) bond motifs is 5. The summed E-state index contributed by atoms with van der Waals surface area (Å²) >= 11 is 0. The maximum absolute atomic E-state index is 13.1. The molecular formula is C24H37NO2. The zero-order valence-corrected chi connectivity index (χ0v) is 17.9. The Hall–Kier alpha value is -1.12. The first-order valence-electron chi connectivity index (χ1n) is 11.1. The first-order valence-corrected chi connectivity index (χ1v) is 11.1. The molecule has 0 heterocycles. The largest absolute Gasteiger partial charge is 0.351 e. The second-order valence-electron chi connectivity index (χ2n) is 11.4. The molecule has 4 rings (SSSR count). The van der Waals surface area contributed by atoms with E-state index in [1.165, 1.54) is 24.8 Å². The van der Waals surface area contributed by atoms with Gasteiger partial charge in [0.1, 0.15) is 0 Å². The molecule has 0 aromatic heterocycles. The van der Waals surface area contributed by atoms with Gasteiger partial charge in [0, 0.05) is 17.9 Å². The van der Waals surface area contributed by atoms with Gasteiger partial charge in [-0.2, -0.15) is 0 Å². The fourth-order valence-electron chi connectivity index (χ4n) is 7.45. The summed E-state index contributed by atoms with van der Waals surface area (Å²) in [6.45, 7) is 11.1. The van der Waals surface area contributed by atoms with Crippen LogP contribution in [0.2, 0.25) is 0 Å². The van der Waals surface area contributed by atoms with Crippen molar-refractivity contribution in [1.29, 1.82) is 0 Å². The fraction of sp³-hybridized carbons (Fsp3) is 0.833. The molecule has 0 saturated heterocycles. The van der Waals surface area contributed by atoms with E-state index in [1.807, 2.05) is 6.08 Å². The van der Waals surface area contributed by atoms with Crippen LogP contribution in [0.1, 0.15) is 86.0 Å². The Balaban J connectivity index is 1.58. The van der Waals surface area contributed by atoms with E-state index in [0.717, 1.165) is 38.0 Å². The van der Waals surface area contributed by atoms with E-state index < -0.39 is 0 Å². The van der Waals surface area contributed by atoms with Gasteiger partial charge in [0.15, 0.2) is 5.78 Å². The summed E-state index contributed by atoms with van der Waals surface area (Å²) in [5, 5.41) is 3.26. The topological polar surface area (TPSA) is 46.2 Å². The third-order valence-electron chi connectivity index (χ3n) is 8.78. The molecule has 1 N–H and O–H groups in total. The zero-order chi connectivity index (χ0) is 19.6. The van der Waals surface area contributed by atoms with Gasteiger partial charge < -0.3 is 5.32 Å². The van der Waals surface area contributed by atoms with Gasteiger partial charge in [-0.25, -0.2) is 0 Å². The second kappa shape index (κ2) is 6.19. The summed E-state index contributed by atoms with van der Waals surface area (Å²) in [5.41, 5.74) is 1.65. The van der Waals surface area contributed by atoms with E-state index in [0.29, 0.717) is 17.6 Å². The first-order chi connectivity index (χ1) is 12.5. The van der Waals surface area contributed by atoms with Crippen molar-refractivity contribution in [3.63, 3.8) is 0 Å². The van der Waals surface area contributed by atoms with Crippen molar-refractivity contribution in [3.05, 3.63) is 11.6 Å². The molecular weight excluding hydrogens is 334 g/mol. The van der Waals surface area contributed by atoms with Crippen LogP contribution in [-0.2, 0) is 9.59 Å². The van der Waals surface area contributed by atoms with E-state index in [-0.39, 0.29) is 28.2 Å². The molecule has 3 heteroatoms. The molecule has 0 aromatic carbocycles. The van der Waals surface area contributed by atoms with Crippen LogP contribution >= 0.6 is 0 Å². The van der Waals surface area contributed by atoms with Crippen molar-refractivity contribution in [2.75, 3.05) is 0 Å². The van der Waals surface area contributed by atoms with Crippen LogP contribution in [0.3, 0.4) is 0 Å². The highest BCUT2D eigenvalue weighted by molar-refractivity contribution is 5.91. The lowest BCUT2D eigenvalue weighted by Gasteiger charge is -2.58. The van der Waals surface area contributed by atoms with Crippen molar-refractivity contribution < 1.29 is 9.59 Å². The highest BCUT2D eigenvalue weighted by atomic mass is 16.2. The van der Waals surface area contributed by atoms with Gasteiger partial charge in [-0.1, -0.05) is 19.4 Å². The van der Waals surface area contributed by atoms with Crippen LogP contribution < -0.4 is 5.32 Å². The predicted octanol–water partition coefficient (Wildman–Crippen LogP) is 5.05. The summed E-state index contributed by atoms with van der Waals surface area (Å²) < 4.78 is 0. The van der Waals surface area contributed by atoms with Crippen LogP contribution in [0.4, 0.5) is 0 Å². The average Bonchev–Trinajstić information content (AvgIpc) is 2.91. The smallest absolute Gasteiger partial charge is 0.224 e. The summed E-state index contributed by atoms with van der Waals surface area (Å²) in [5.74, 6) is 2.88. The van der Waals surface area contributed by atoms with Crippen LogP contribution in [-0.4, -0.2) is 17.2 Å². The van der Waals surface area contributed by atoms with Crippen molar-refractivity contribution in [2.45, 2.75) is 91.5 Å². The summed E-state index contributed by atoms with van der Waals surface area (Å²) in [7, 11) is 0. The standard InChI is InChI=1S/C24H37NO2/c1-22(2,3)25-21(27)20-9-8-18-17-7-6-15-14-16(26)10-12-23(15,4)19(17)11-13-24(18,20)5/h14,17-20H,6-13H2,1-5H3,(H,25,27)/t17-,18-,19-,20?,23-,24-/m0/s1. The number of allylic oxidation sites excluding steroid dienone is 1. The summed E-state index contributed by atoms with van der Waals surface area (Å²) in [4.78, 5) is 25.0. The van der Waals surface area contributed by atoms with E-state index >= 15 is 0 Å². The normalized spacial score (nSPS) is 44.0. The number of carbonyl (C=O) groups excluding carboxylic acids is 2. The molecule has 0 aromatic rings. The fourth-order valence-corrected chi connectivity index (χ4v) is 7.45. The molecule has 0 bridgehead atoms. The number of hydrogen-bond acceptors (Lipinski definition) is 2. The molecule has 150 valence electrons. The Labute approximate surface area is 164 Å². The minimum Gasteiger partial charge on any atom is -0.351 e. The molecule has 6 atom stereocenters. The van der Waals surface area contributed by atoms with E-state index in [9.17, 15) is 9.59 Å². The molecule has 1 unspecified atom stereocenters. The average molecular weight is 372 g/mol. The Morgan fingerprint density at radius 3 is 2.48 bits per heavy atom. The van der Waals surface area contributed by atoms with Gasteiger partial charge in [0.25, 0.3) is 0 Å². The Morgan fingerprint density at radius 1 is 1.04 bits per heavy atom. The number of hydrogen-bond donors (Lipinski definition) is 1. The monoisotopic (exact) mass is 371 g/mol. The molecule has 3 nitrogen and oxygen atoms in total. The van der Waals surface area contributed by atoms with Crippen LogP contribution in [0.25, 0.3) is 0 Å². The molecule has 0 spiro atoms. The Morgan fingerprint density at radius 2 is 1.78 bits per heavy atom.